The van der Waals surface area contributed by atoms with E-state index in [1.807, 2.05) is 30.5 Å². The molecule has 2 N–H and O–H groups in total. The number of H-pyrrole nitrogens is 1. The molecular weight excluding hydrogens is 282 g/mol. The number of hydrogen-bond acceptors (Lipinski definition) is 4. The molecule has 0 saturated heterocycles. The average molecular weight is 299 g/mol. The number of aliphatic hydroxyl groups excluding tert-OH is 1. The summed E-state index contributed by atoms with van der Waals surface area (Å²) in [7, 11) is 0. The van der Waals surface area contributed by atoms with E-state index in [9.17, 15) is 9.90 Å². The first-order valence-electron chi connectivity index (χ1n) is 7.05. The van der Waals surface area contributed by atoms with E-state index in [2.05, 4.69) is 10.1 Å². The Morgan fingerprint density at radius 2 is 2.18 bits per heavy atom. The molecule has 0 fully saturated rings. The summed E-state index contributed by atoms with van der Waals surface area (Å²) in [6.45, 7) is 1.99. The summed E-state index contributed by atoms with van der Waals surface area (Å²) in [5.74, 6) is 0.697. The van der Waals surface area contributed by atoms with Gasteiger partial charge in [-0.25, -0.2) is 4.68 Å². The number of nitrogens with one attached hydrogen (secondary N) is 1. The van der Waals surface area contributed by atoms with Gasteiger partial charge < -0.3 is 14.8 Å². The van der Waals surface area contributed by atoms with E-state index < -0.39 is 6.10 Å². The number of aromatic amines is 1. The van der Waals surface area contributed by atoms with Gasteiger partial charge in [-0.1, -0.05) is 6.07 Å². The molecule has 0 aliphatic rings. The Labute approximate surface area is 127 Å². The van der Waals surface area contributed by atoms with Crippen molar-refractivity contribution in [1.82, 2.24) is 14.8 Å². The van der Waals surface area contributed by atoms with Crippen LogP contribution >= 0.6 is 0 Å². The zero-order valence-corrected chi connectivity index (χ0v) is 12.2. The average Bonchev–Trinajstić information content (AvgIpc) is 2.98. The lowest BCUT2D eigenvalue weighted by Gasteiger charge is -2.14. The molecule has 3 rings (SSSR count). The van der Waals surface area contributed by atoms with Crippen molar-refractivity contribution in [2.45, 2.75) is 19.6 Å². The maximum absolute atomic E-state index is 11.7. The summed E-state index contributed by atoms with van der Waals surface area (Å²) in [5, 5.41) is 15.1. The molecule has 114 valence electrons. The highest BCUT2D eigenvalue weighted by atomic mass is 16.5. The zero-order chi connectivity index (χ0) is 15.5. The van der Waals surface area contributed by atoms with E-state index in [-0.39, 0.29) is 18.7 Å². The number of aryl methyl sites for hydroxylation is 1. The Balaban J connectivity index is 1.67. The van der Waals surface area contributed by atoms with Gasteiger partial charge in [-0.05, 0) is 31.2 Å². The fourth-order valence-corrected chi connectivity index (χ4v) is 2.30. The molecule has 0 spiro atoms. The number of benzene rings is 1. The topological polar surface area (TPSA) is 80.1 Å². The van der Waals surface area contributed by atoms with Crippen LogP contribution in [0.1, 0.15) is 5.69 Å². The first-order valence-corrected chi connectivity index (χ1v) is 7.05. The second-order valence-electron chi connectivity index (χ2n) is 5.15. The van der Waals surface area contributed by atoms with Crippen LogP contribution in [0.15, 0.2) is 47.4 Å². The van der Waals surface area contributed by atoms with Gasteiger partial charge in [0, 0.05) is 23.2 Å². The molecule has 0 radical (unpaired) electrons. The van der Waals surface area contributed by atoms with Crippen molar-refractivity contribution in [3.05, 3.63) is 58.6 Å². The molecule has 1 unspecified atom stereocenters. The molecule has 0 aliphatic heterocycles. The number of aliphatic hydroxyl groups is 1. The van der Waals surface area contributed by atoms with Crippen molar-refractivity contribution < 1.29 is 9.84 Å². The van der Waals surface area contributed by atoms with Crippen LogP contribution in [0.4, 0.5) is 0 Å². The van der Waals surface area contributed by atoms with Crippen molar-refractivity contribution in [3.63, 3.8) is 0 Å². The van der Waals surface area contributed by atoms with Gasteiger partial charge in [-0.15, -0.1) is 0 Å². The van der Waals surface area contributed by atoms with Crippen LogP contribution in [-0.2, 0) is 6.54 Å². The molecule has 2 heterocycles. The van der Waals surface area contributed by atoms with Gasteiger partial charge in [0.15, 0.2) is 0 Å². The van der Waals surface area contributed by atoms with Crippen LogP contribution in [0.25, 0.3) is 10.9 Å². The number of rotatable bonds is 5. The second-order valence-corrected chi connectivity index (χ2v) is 5.15. The van der Waals surface area contributed by atoms with E-state index in [0.29, 0.717) is 5.75 Å². The fourth-order valence-electron chi connectivity index (χ4n) is 2.30. The smallest absolute Gasteiger partial charge is 0.266 e. The lowest BCUT2D eigenvalue weighted by atomic mass is 10.2. The minimum absolute atomic E-state index is 0.0896. The second kappa shape index (κ2) is 6.03. The quantitative estimate of drug-likeness (QED) is 0.747. The maximum Gasteiger partial charge on any atom is 0.266 e. The molecule has 2 aromatic heterocycles. The van der Waals surface area contributed by atoms with E-state index >= 15 is 0 Å². The minimum atomic E-state index is -0.818. The first kappa shape index (κ1) is 14.3. The monoisotopic (exact) mass is 299 g/mol. The van der Waals surface area contributed by atoms with Gasteiger partial charge in [-0.2, -0.15) is 5.10 Å². The van der Waals surface area contributed by atoms with Crippen LogP contribution in [0.5, 0.6) is 5.75 Å². The Morgan fingerprint density at radius 1 is 1.32 bits per heavy atom. The summed E-state index contributed by atoms with van der Waals surface area (Å²) >= 11 is 0. The van der Waals surface area contributed by atoms with Gasteiger partial charge in [0.1, 0.15) is 18.5 Å². The van der Waals surface area contributed by atoms with Gasteiger partial charge in [0.05, 0.1) is 12.2 Å². The summed E-state index contributed by atoms with van der Waals surface area (Å²) in [4.78, 5) is 14.8. The maximum atomic E-state index is 11.7. The number of nitrogens with zero attached hydrogens (tertiary/aromatic N) is 2. The fraction of sp³-hybridized carbons (Fsp3) is 0.250. The molecule has 22 heavy (non-hydrogen) atoms. The standard InChI is InChI=1S/C16H17N3O3/c1-11-5-6-16(21)19(18-11)9-12(20)10-22-15-4-2-3-14-13(15)7-8-17-14/h2-8,12,17,20H,9-10H2,1H3. The summed E-state index contributed by atoms with van der Waals surface area (Å²) in [6.07, 6.45) is 1.02. The van der Waals surface area contributed by atoms with Crippen LogP contribution in [0.2, 0.25) is 0 Å². The highest BCUT2D eigenvalue weighted by molar-refractivity contribution is 5.85. The van der Waals surface area contributed by atoms with Gasteiger partial charge in [0.25, 0.3) is 5.56 Å². The lowest BCUT2D eigenvalue weighted by molar-refractivity contribution is 0.0885. The van der Waals surface area contributed by atoms with Crippen molar-refractivity contribution >= 4 is 10.9 Å². The van der Waals surface area contributed by atoms with Gasteiger partial charge in [-0.3, -0.25) is 4.79 Å². The Hall–Kier alpha value is -2.60. The predicted molar refractivity (Wildman–Crippen MR) is 83.0 cm³/mol. The molecule has 6 nitrogen and oxygen atoms in total. The molecular formula is C16H17N3O3. The van der Waals surface area contributed by atoms with Crippen LogP contribution in [-0.4, -0.2) is 32.6 Å². The molecule has 0 aliphatic carbocycles. The number of hydrogen-bond donors (Lipinski definition) is 2. The van der Waals surface area contributed by atoms with Gasteiger partial charge >= 0.3 is 0 Å². The molecule has 1 atom stereocenters. The van der Waals surface area contributed by atoms with E-state index in [1.165, 1.54) is 10.7 Å². The molecule has 3 aromatic rings. The predicted octanol–water partition coefficient (Wildman–Crippen LogP) is 1.47. The Bertz CT molecular complexity index is 838. The van der Waals surface area contributed by atoms with Crippen LogP contribution in [0, 0.1) is 6.92 Å². The first-order chi connectivity index (χ1) is 10.6. The van der Waals surface area contributed by atoms with E-state index in [0.717, 1.165) is 16.6 Å². The molecule has 6 heteroatoms. The summed E-state index contributed by atoms with van der Waals surface area (Å²) in [5.41, 5.74) is 1.46. The summed E-state index contributed by atoms with van der Waals surface area (Å²) in [6, 6.07) is 10.7. The molecule has 1 aromatic carbocycles. The largest absolute Gasteiger partial charge is 0.490 e. The van der Waals surface area contributed by atoms with Crippen molar-refractivity contribution in [1.29, 1.82) is 0 Å². The van der Waals surface area contributed by atoms with Crippen molar-refractivity contribution in [3.8, 4) is 5.75 Å². The number of ether oxygens (including phenoxy) is 1. The highest BCUT2D eigenvalue weighted by Crippen LogP contribution is 2.24. The van der Waals surface area contributed by atoms with E-state index in [4.69, 9.17) is 4.74 Å². The summed E-state index contributed by atoms with van der Waals surface area (Å²) < 4.78 is 6.92. The van der Waals surface area contributed by atoms with Crippen LogP contribution < -0.4 is 10.3 Å². The highest BCUT2D eigenvalue weighted by Gasteiger charge is 2.10. The van der Waals surface area contributed by atoms with Gasteiger partial charge in [0.2, 0.25) is 0 Å². The van der Waals surface area contributed by atoms with Crippen molar-refractivity contribution in [2.75, 3.05) is 6.61 Å². The zero-order valence-electron chi connectivity index (χ0n) is 12.2. The minimum Gasteiger partial charge on any atom is -0.490 e. The normalized spacial score (nSPS) is 12.5. The van der Waals surface area contributed by atoms with Crippen LogP contribution in [0.3, 0.4) is 0 Å². The third-order valence-electron chi connectivity index (χ3n) is 3.37. The van der Waals surface area contributed by atoms with E-state index in [1.54, 1.807) is 13.0 Å². The molecule has 0 bridgehead atoms. The molecule has 0 saturated carbocycles. The van der Waals surface area contributed by atoms with Crippen molar-refractivity contribution in [2.24, 2.45) is 0 Å². The Kier molecular flexibility index (Phi) is 3.93. The SMILES string of the molecule is Cc1ccc(=O)n(CC(O)COc2cccc3[nH]ccc23)n1. The number of aromatic nitrogens is 3. The molecule has 0 amide bonds. The number of fused-ring (bicyclic) bond motifs is 1. The third-order valence-corrected chi connectivity index (χ3v) is 3.37. The Morgan fingerprint density at radius 3 is 3.05 bits per heavy atom. The lowest BCUT2D eigenvalue weighted by Crippen LogP contribution is -2.31. The third kappa shape index (κ3) is 3.01.